The summed E-state index contributed by atoms with van der Waals surface area (Å²) in [7, 11) is 0. The van der Waals surface area contributed by atoms with Crippen LogP contribution >= 0.6 is 23.4 Å². The molecule has 1 heterocycles. The van der Waals surface area contributed by atoms with Crippen LogP contribution in [0.25, 0.3) is 0 Å². The van der Waals surface area contributed by atoms with E-state index in [1.54, 1.807) is 17.8 Å². The third-order valence-corrected chi connectivity index (χ3v) is 3.30. The Hall–Kier alpha value is -1.19. The van der Waals surface area contributed by atoms with Crippen molar-refractivity contribution in [2.24, 2.45) is 0 Å². The highest BCUT2D eigenvalue weighted by Gasteiger charge is 1.96. The summed E-state index contributed by atoms with van der Waals surface area (Å²) in [6, 6.07) is 14.0. The lowest BCUT2D eigenvalue weighted by molar-refractivity contribution is 1.11. The average Bonchev–Trinajstić information content (AvgIpc) is 2.37. The van der Waals surface area contributed by atoms with Crippen molar-refractivity contribution in [3.05, 3.63) is 53.2 Å². The molecule has 2 rings (SSSR count). The molecule has 1 aromatic carbocycles. The number of hydrogen-bond acceptors (Lipinski definition) is 3. The molecule has 88 valence electrons. The monoisotopic (exact) mass is 264 g/mol. The Kier molecular flexibility index (Phi) is 4.29. The molecule has 2 aromatic rings. The van der Waals surface area contributed by atoms with E-state index in [2.05, 4.69) is 40.8 Å². The lowest BCUT2D eigenvalue weighted by Gasteiger charge is -2.06. The Bertz CT molecular complexity index is 485. The highest BCUT2D eigenvalue weighted by atomic mass is 35.5. The molecule has 0 bridgehead atoms. The molecule has 0 saturated heterocycles. The van der Waals surface area contributed by atoms with Crippen LogP contribution in [-0.4, -0.2) is 11.2 Å². The molecule has 1 aromatic heterocycles. The molecule has 0 saturated carbocycles. The summed E-state index contributed by atoms with van der Waals surface area (Å²) in [4.78, 5) is 5.44. The van der Waals surface area contributed by atoms with E-state index >= 15 is 0 Å². The SMILES string of the molecule is CSc1ccc(CNc2cccc(Cl)n2)cc1. The van der Waals surface area contributed by atoms with E-state index in [1.807, 2.05) is 12.1 Å². The fourth-order valence-electron chi connectivity index (χ4n) is 1.44. The summed E-state index contributed by atoms with van der Waals surface area (Å²) >= 11 is 7.56. The average molecular weight is 265 g/mol. The van der Waals surface area contributed by atoms with E-state index in [-0.39, 0.29) is 0 Å². The number of pyridine rings is 1. The molecule has 0 spiro atoms. The van der Waals surface area contributed by atoms with Gasteiger partial charge in [-0.05, 0) is 36.1 Å². The number of anilines is 1. The van der Waals surface area contributed by atoms with Crippen LogP contribution in [0, 0.1) is 0 Å². The van der Waals surface area contributed by atoms with Crippen molar-refractivity contribution in [2.75, 3.05) is 11.6 Å². The topological polar surface area (TPSA) is 24.9 Å². The minimum atomic E-state index is 0.507. The Morgan fingerprint density at radius 2 is 1.94 bits per heavy atom. The van der Waals surface area contributed by atoms with E-state index in [0.717, 1.165) is 12.4 Å². The van der Waals surface area contributed by atoms with E-state index < -0.39 is 0 Å². The molecule has 0 atom stereocenters. The van der Waals surface area contributed by atoms with Gasteiger partial charge in [0.25, 0.3) is 0 Å². The van der Waals surface area contributed by atoms with Crippen molar-refractivity contribution >= 4 is 29.2 Å². The van der Waals surface area contributed by atoms with Gasteiger partial charge in [-0.3, -0.25) is 0 Å². The maximum absolute atomic E-state index is 5.81. The second-order valence-electron chi connectivity index (χ2n) is 3.55. The lowest BCUT2D eigenvalue weighted by Crippen LogP contribution is -2.00. The van der Waals surface area contributed by atoms with E-state index in [9.17, 15) is 0 Å². The lowest BCUT2D eigenvalue weighted by atomic mass is 10.2. The summed E-state index contributed by atoms with van der Waals surface area (Å²) in [5, 5.41) is 3.74. The van der Waals surface area contributed by atoms with Gasteiger partial charge in [-0.2, -0.15) is 0 Å². The number of hydrogen-bond donors (Lipinski definition) is 1. The van der Waals surface area contributed by atoms with E-state index in [4.69, 9.17) is 11.6 Å². The molecule has 0 radical (unpaired) electrons. The molecule has 0 aliphatic carbocycles. The molecule has 0 aliphatic heterocycles. The summed E-state index contributed by atoms with van der Waals surface area (Å²) in [6.45, 7) is 0.752. The molecular weight excluding hydrogens is 252 g/mol. The highest BCUT2D eigenvalue weighted by Crippen LogP contribution is 2.16. The Labute approximate surface area is 110 Å². The largest absolute Gasteiger partial charge is 0.366 e. The number of thioether (sulfide) groups is 1. The normalized spacial score (nSPS) is 10.2. The van der Waals surface area contributed by atoms with Gasteiger partial charge in [0, 0.05) is 11.4 Å². The predicted octanol–water partition coefficient (Wildman–Crippen LogP) is 4.07. The van der Waals surface area contributed by atoms with Crippen molar-refractivity contribution in [2.45, 2.75) is 11.4 Å². The molecule has 0 fully saturated rings. The first-order valence-electron chi connectivity index (χ1n) is 5.27. The maximum Gasteiger partial charge on any atom is 0.131 e. The van der Waals surface area contributed by atoms with Gasteiger partial charge in [0.05, 0.1) is 0 Å². The van der Waals surface area contributed by atoms with Gasteiger partial charge in [0.2, 0.25) is 0 Å². The maximum atomic E-state index is 5.81. The third kappa shape index (κ3) is 3.65. The van der Waals surface area contributed by atoms with Gasteiger partial charge in [-0.15, -0.1) is 11.8 Å². The zero-order valence-electron chi connectivity index (χ0n) is 9.48. The quantitative estimate of drug-likeness (QED) is 0.666. The van der Waals surface area contributed by atoms with Crippen molar-refractivity contribution in [1.82, 2.24) is 4.98 Å². The van der Waals surface area contributed by atoms with E-state index in [0.29, 0.717) is 5.15 Å². The summed E-state index contributed by atoms with van der Waals surface area (Å²) in [6.07, 6.45) is 2.07. The second-order valence-corrected chi connectivity index (χ2v) is 4.81. The highest BCUT2D eigenvalue weighted by molar-refractivity contribution is 7.98. The first-order chi connectivity index (χ1) is 8.28. The van der Waals surface area contributed by atoms with Crippen LogP contribution in [0.4, 0.5) is 5.82 Å². The van der Waals surface area contributed by atoms with Crippen molar-refractivity contribution in [3.63, 3.8) is 0 Å². The Balaban J connectivity index is 1.97. The summed E-state index contributed by atoms with van der Waals surface area (Å²) in [5.41, 5.74) is 1.23. The standard InChI is InChI=1S/C13H13ClN2S/c1-17-11-7-5-10(6-8-11)9-15-13-4-2-3-12(14)16-13/h2-8H,9H2,1H3,(H,15,16). The zero-order valence-corrected chi connectivity index (χ0v) is 11.1. The minimum absolute atomic E-state index is 0.507. The first kappa shape index (κ1) is 12.3. The summed E-state index contributed by atoms with van der Waals surface area (Å²) in [5.74, 6) is 0.798. The van der Waals surface area contributed by atoms with Crippen LogP contribution in [0.5, 0.6) is 0 Å². The number of benzene rings is 1. The number of rotatable bonds is 4. The van der Waals surface area contributed by atoms with Crippen molar-refractivity contribution < 1.29 is 0 Å². The molecule has 4 heteroatoms. The van der Waals surface area contributed by atoms with Gasteiger partial charge < -0.3 is 5.32 Å². The van der Waals surface area contributed by atoms with Crippen LogP contribution in [0.3, 0.4) is 0 Å². The van der Waals surface area contributed by atoms with Crippen molar-refractivity contribution in [3.8, 4) is 0 Å². The molecule has 0 aliphatic rings. The molecule has 1 N–H and O–H groups in total. The van der Waals surface area contributed by atoms with Crippen LogP contribution in [0.2, 0.25) is 5.15 Å². The van der Waals surface area contributed by atoms with Crippen LogP contribution in [-0.2, 0) is 6.54 Å². The number of halogens is 1. The molecule has 0 amide bonds. The van der Waals surface area contributed by atoms with Gasteiger partial charge in [0.15, 0.2) is 0 Å². The summed E-state index contributed by atoms with van der Waals surface area (Å²) < 4.78 is 0. The third-order valence-electron chi connectivity index (χ3n) is 2.35. The van der Waals surface area contributed by atoms with Crippen molar-refractivity contribution in [1.29, 1.82) is 0 Å². The molecule has 0 unspecified atom stereocenters. The molecule has 2 nitrogen and oxygen atoms in total. The van der Waals surface area contributed by atoms with Crippen LogP contribution < -0.4 is 5.32 Å². The Morgan fingerprint density at radius 3 is 2.59 bits per heavy atom. The zero-order chi connectivity index (χ0) is 12.1. The fourth-order valence-corrected chi connectivity index (χ4v) is 2.01. The predicted molar refractivity (Wildman–Crippen MR) is 74.8 cm³/mol. The van der Waals surface area contributed by atoms with Gasteiger partial charge in [-0.1, -0.05) is 29.8 Å². The van der Waals surface area contributed by atoms with Gasteiger partial charge in [0.1, 0.15) is 11.0 Å². The number of nitrogens with one attached hydrogen (secondary N) is 1. The second kappa shape index (κ2) is 5.94. The fraction of sp³-hybridized carbons (Fsp3) is 0.154. The van der Waals surface area contributed by atoms with Crippen LogP contribution in [0.15, 0.2) is 47.4 Å². The number of nitrogens with zero attached hydrogens (tertiary/aromatic N) is 1. The Morgan fingerprint density at radius 1 is 1.18 bits per heavy atom. The van der Waals surface area contributed by atoms with Gasteiger partial charge >= 0.3 is 0 Å². The number of aromatic nitrogens is 1. The smallest absolute Gasteiger partial charge is 0.131 e. The van der Waals surface area contributed by atoms with E-state index in [1.165, 1.54) is 10.5 Å². The molecule has 17 heavy (non-hydrogen) atoms. The van der Waals surface area contributed by atoms with Gasteiger partial charge in [-0.25, -0.2) is 4.98 Å². The first-order valence-corrected chi connectivity index (χ1v) is 6.87. The van der Waals surface area contributed by atoms with Crippen LogP contribution in [0.1, 0.15) is 5.56 Å². The molecular formula is C13H13ClN2S. The minimum Gasteiger partial charge on any atom is -0.366 e.